The third kappa shape index (κ3) is 4.74. The number of nitrogens with zero attached hydrogens (tertiary/aromatic N) is 1. The van der Waals surface area contributed by atoms with Gasteiger partial charge in [-0.15, -0.1) is 0 Å². The van der Waals surface area contributed by atoms with Crippen molar-refractivity contribution >= 4 is 12.1 Å². The van der Waals surface area contributed by atoms with Crippen LogP contribution in [0.25, 0.3) is 0 Å². The number of rotatable bonds is 5. The van der Waals surface area contributed by atoms with E-state index in [1.165, 1.54) is 0 Å². The van der Waals surface area contributed by atoms with Crippen molar-refractivity contribution in [3.05, 3.63) is 64.7 Å². The number of nitrogens with one attached hydrogen (secondary N) is 1. The summed E-state index contributed by atoms with van der Waals surface area (Å²) in [6.07, 6.45) is 1.63. The van der Waals surface area contributed by atoms with Crippen molar-refractivity contribution in [3.8, 4) is 5.75 Å². The predicted octanol–water partition coefficient (Wildman–Crippen LogP) is 3.14. The Bertz CT molecular complexity index is 673. The normalized spacial score (nSPS) is 10.7. The first kappa shape index (κ1) is 15.8. The molecule has 0 saturated carbocycles. The Morgan fingerprint density at radius 1 is 1.14 bits per heavy atom. The molecule has 0 spiro atoms. The predicted molar refractivity (Wildman–Crippen MR) is 88.3 cm³/mol. The lowest BCUT2D eigenvalue weighted by Crippen LogP contribution is -2.24. The van der Waals surface area contributed by atoms with Gasteiger partial charge in [0.05, 0.1) is 6.21 Å². The van der Waals surface area contributed by atoms with Crippen LogP contribution in [0, 0.1) is 20.8 Å². The molecule has 0 radical (unpaired) electrons. The van der Waals surface area contributed by atoms with Crippen molar-refractivity contribution in [1.29, 1.82) is 0 Å². The molecule has 1 amide bonds. The zero-order chi connectivity index (χ0) is 15.9. The Hall–Kier alpha value is -2.62. The van der Waals surface area contributed by atoms with E-state index in [0.29, 0.717) is 5.75 Å². The van der Waals surface area contributed by atoms with Gasteiger partial charge in [-0.05, 0) is 55.2 Å². The Morgan fingerprint density at radius 3 is 2.50 bits per heavy atom. The monoisotopic (exact) mass is 296 g/mol. The van der Waals surface area contributed by atoms with Crippen molar-refractivity contribution in [2.24, 2.45) is 5.10 Å². The number of amides is 1. The molecule has 2 aromatic carbocycles. The van der Waals surface area contributed by atoms with Gasteiger partial charge in [0.1, 0.15) is 5.75 Å². The summed E-state index contributed by atoms with van der Waals surface area (Å²) in [6, 6.07) is 13.7. The molecular formula is C18H20N2O2. The molecule has 4 nitrogen and oxygen atoms in total. The lowest BCUT2D eigenvalue weighted by atomic mass is 10.1. The topological polar surface area (TPSA) is 50.7 Å². The second-order valence-corrected chi connectivity index (χ2v) is 5.26. The molecule has 114 valence electrons. The summed E-state index contributed by atoms with van der Waals surface area (Å²) < 4.78 is 5.47. The largest absolute Gasteiger partial charge is 0.484 e. The average Bonchev–Trinajstić information content (AvgIpc) is 2.46. The van der Waals surface area contributed by atoms with E-state index in [2.05, 4.69) is 16.6 Å². The van der Waals surface area contributed by atoms with E-state index in [1.807, 2.05) is 57.2 Å². The third-order valence-corrected chi connectivity index (χ3v) is 3.15. The van der Waals surface area contributed by atoms with Crippen LogP contribution in [0.4, 0.5) is 0 Å². The fourth-order valence-corrected chi connectivity index (χ4v) is 2.10. The number of carbonyl (C=O) groups is 1. The Balaban J connectivity index is 1.84. The van der Waals surface area contributed by atoms with Crippen LogP contribution >= 0.6 is 0 Å². The molecule has 1 N–H and O–H groups in total. The molecule has 2 aromatic rings. The van der Waals surface area contributed by atoms with Crippen molar-refractivity contribution in [2.45, 2.75) is 20.8 Å². The van der Waals surface area contributed by atoms with Crippen LogP contribution in [-0.2, 0) is 4.79 Å². The van der Waals surface area contributed by atoms with Gasteiger partial charge in [-0.25, -0.2) is 5.43 Å². The van der Waals surface area contributed by atoms with E-state index < -0.39 is 0 Å². The van der Waals surface area contributed by atoms with Gasteiger partial charge in [-0.3, -0.25) is 4.79 Å². The van der Waals surface area contributed by atoms with Crippen LogP contribution in [0.15, 0.2) is 47.6 Å². The van der Waals surface area contributed by atoms with Gasteiger partial charge < -0.3 is 4.74 Å². The second-order valence-electron chi connectivity index (χ2n) is 5.26. The van der Waals surface area contributed by atoms with Gasteiger partial charge in [0.2, 0.25) is 0 Å². The highest BCUT2D eigenvalue weighted by atomic mass is 16.5. The number of hydrogen-bond acceptors (Lipinski definition) is 3. The van der Waals surface area contributed by atoms with Gasteiger partial charge in [-0.2, -0.15) is 5.10 Å². The highest BCUT2D eigenvalue weighted by Gasteiger charge is 2.02. The van der Waals surface area contributed by atoms with E-state index in [9.17, 15) is 4.79 Å². The van der Waals surface area contributed by atoms with Crippen LogP contribution in [0.3, 0.4) is 0 Å². The number of hydrazone groups is 1. The van der Waals surface area contributed by atoms with Crippen molar-refractivity contribution < 1.29 is 9.53 Å². The summed E-state index contributed by atoms with van der Waals surface area (Å²) in [7, 11) is 0. The summed E-state index contributed by atoms with van der Waals surface area (Å²) in [5, 5.41) is 3.95. The average molecular weight is 296 g/mol. The molecule has 0 unspecified atom stereocenters. The first-order valence-corrected chi connectivity index (χ1v) is 7.13. The lowest BCUT2D eigenvalue weighted by molar-refractivity contribution is -0.123. The van der Waals surface area contributed by atoms with Gasteiger partial charge >= 0.3 is 0 Å². The van der Waals surface area contributed by atoms with E-state index in [1.54, 1.807) is 6.21 Å². The molecular weight excluding hydrogens is 276 g/mol. The van der Waals surface area contributed by atoms with Crippen LogP contribution in [0.2, 0.25) is 0 Å². The maximum atomic E-state index is 11.7. The number of benzene rings is 2. The van der Waals surface area contributed by atoms with E-state index in [4.69, 9.17) is 4.74 Å². The van der Waals surface area contributed by atoms with Crippen molar-refractivity contribution in [2.75, 3.05) is 6.61 Å². The van der Waals surface area contributed by atoms with Crippen LogP contribution in [0.5, 0.6) is 5.75 Å². The van der Waals surface area contributed by atoms with E-state index in [-0.39, 0.29) is 12.5 Å². The maximum absolute atomic E-state index is 11.7. The maximum Gasteiger partial charge on any atom is 0.277 e. The van der Waals surface area contributed by atoms with Gasteiger partial charge in [0, 0.05) is 0 Å². The molecule has 0 bridgehead atoms. The molecule has 0 aliphatic rings. The molecule has 0 aliphatic heterocycles. The van der Waals surface area contributed by atoms with Gasteiger partial charge in [0.25, 0.3) is 5.91 Å². The summed E-state index contributed by atoms with van der Waals surface area (Å²) in [4.78, 5) is 11.7. The third-order valence-electron chi connectivity index (χ3n) is 3.15. The fraction of sp³-hybridized carbons (Fsp3) is 0.222. The standard InChI is InChI=1S/C18H20N2O2/c1-13-8-14(2)10-17(9-13)22-12-18(21)20-19-11-16-7-5-4-6-15(16)3/h4-11H,12H2,1-3H3,(H,20,21). The molecule has 0 aromatic heterocycles. The van der Waals surface area contributed by atoms with Crippen LogP contribution in [-0.4, -0.2) is 18.7 Å². The highest BCUT2D eigenvalue weighted by Crippen LogP contribution is 2.15. The van der Waals surface area contributed by atoms with Crippen LogP contribution < -0.4 is 10.2 Å². The molecule has 2 rings (SSSR count). The lowest BCUT2D eigenvalue weighted by Gasteiger charge is -2.07. The summed E-state index contributed by atoms with van der Waals surface area (Å²) in [6.45, 7) is 5.92. The number of hydrogen-bond donors (Lipinski definition) is 1. The van der Waals surface area contributed by atoms with Crippen molar-refractivity contribution in [1.82, 2.24) is 5.43 Å². The smallest absolute Gasteiger partial charge is 0.277 e. The first-order chi connectivity index (χ1) is 10.5. The molecule has 22 heavy (non-hydrogen) atoms. The molecule has 0 atom stereocenters. The molecule has 0 aliphatic carbocycles. The fourth-order valence-electron chi connectivity index (χ4n) is 2.10. The van der Waals surface area contributed by atoms with Crippen molar-refractivity contribution in [3.63, 3.8) is 0 Å². The number of ether oxygens (including phenoxy) is 1. The molecule has 4 heteroatoms. The van der Waals surface area contributed by atoms with E-state index in [0.717, 1.165) is 22.3 Å². The first-order valence-electron chi connectivity index (χ1n) is 7.13. The quantitative estimate of drug-likeness (QED) is 0.680. The summed E-state index contributed by atoms with van der Waals surface area (Å²) >= 11 is 0. The minimum Gasteiger partial charge on any atom is -0.484 e. The van der Waals surface area contributed by atoms with E-state index >= 15 is 0 Å². The minimum atomic E-state index is -0.288. The Labute approximate surface area is 130 Å². The second kappa shape index (κ2) is 7.41. The van der Waals surface area contributed by atoms with Gasteiger partial charge in [0.15, 0.2) is 6.61 Å². The summed E-state index contributed by atoms with van der Waals surface area (Å²) in [5.74, 6) is 0.402. The molecule has 0 heterocycles. The zero-order valence-corrected chi connectivity index (χ0v) is 13.1. The minimum absolute atomic E-state index is 0.0615. The van der Waals surface area contributed by atoms with Gasteiger partial charge in [-0.1, -0.05) is 30.3 Å². The number of carbonyl (C=O) groups excluding carboxylic acids is 1. The highest BCUT2D eigenvalue weighted by molar-refractivity contribution is 5.84. The molecule has 0 saturated heterocycles. The summed E-state index contributed by atoms with van der Waals surface area (Å²) in [5.41, 5.74) is 6.75. The molecule has 0 fully saturated rings. The Morgan fingerprint density at radius 2 is 1.82 bits per heavy atom. The SMILES string of the molecule is Cc1cc(C)cc(OCC(=O)NN=Cc2ccccc2C)c1. The zero-order valence-electron chi connectivity index (χ0n) is 13.1. The van der Waals surface area contributed by atoms with Crippen LogP contribution in [0.1, 0.15) is 22.3 Å². The Kier molecular flexibility index (Phi) is 5.31. The number of aryl methyl sites for hydroxylation is 3.